The van der Waals surface area contributed by atoms with E-state index in [1.54, 1.807) is 0 Å². The van der Waals surface area contributed by atoms with Crippen LogP contribution in [0.4, 0.5) is 0 Å². The van der Waals surface area contributed by atoms with Gasteiger partial charge in [0.15, 0.2) is 0 Å². The minimum Gasteiger partial charge on any atom is -0.456 e. The number of nitrogens with zero attached hydrogens (tertiary/aromatic N) is 2. The van der Waals surface area contributed by atoms with Gasteiger partial charge in [-0.2, -0.15) is 5.10 Å². The highest BCUT2D eigenvalue weighted by molar-refractivity contribution is 5.80. The molecule has 0 saturated carbocycles. The average Bonchev–Trinajstić information content (AvgIpc) is 2.90. The highest BCUT2D eigenvalue weighted by atomic mass is 16.5. The van der Waals surface area contributed by atoms with E-state index < -0.39 is 0 Å². The van der Waals surface area contributed by atoms with Gasteiger partial charge in [0.2, 0.25) is 0 Å². The zero-order chi connectivity index (χ0) is 11.0. The van der Waals surface area contributed by atoms with Crippen LogP contribution in [-0.4, -0.2) is 14.8 Å². The zero-order valence-electron chi connectivity index (χ0n) is 8.84. The molecule has 0 fully saturated rings. The van der Waals surface area contributed by atoms with Crippen LogP contribution in [0.15, 0.2) is 42.9 Å². The third-order valence-electron chi connectivity index (χ3n) is 2.52. The molecule has 0 unspecified atom stereocenters. The van der Waals surface area contributed by atoms with Gasteiger partial charge in [-0.15, -0.1) is 0 Å². The second-order valence-electron chi connectivity index (χ2n) is 3.64. The van der Waals surface area contributed by atoms with Crippen LogP contribution in [0.2, 0.25) is 0 Å². The highest BCUT2D eigenvalue weighted by Crippen LogP contribution is 2.24. The Kier molecular flexibility index (Phi) is 1.93. The summed E-state index contributed by atoms with van der Waals surface area (Å²) in [5, 5.41) is 5.27. The highest BCUT2D eigenvalue weighted by Gasteiger charge is 2.02. The number of aryl methyl sites for hydroxylation is 1. The number of H-pyrrole nitrogens is 1. The maximum absolute atomic E-state index is 5.67. The summed E-state index contributed by atoms with van der Waals surface area (Å²) in [5.41, 5.74) is 1.10. The van der Waals surface area contributed by atoms with Crippen LogP contribution in [0.5, 0.6) is 11.5 Å². The largest absolute Gasteiger partial charge is 0.456 e. The summed E-state index contributed by atoms with van der Waals surface area (Å²) in [4.78, 5) is 2.95. The number of aromatic amines is 1. The lowest BCUT2D eigenvalue weighted by Crippen LogP contribution is -1.88. The topological polar surface area (TPSA) is 42.8 Å². The van der Waals surface area contributed by atoms with E-state index in [0.717, 1.165) is 22.4 Å². The van der Waals surface area contributed by atoms with Gasteiger partial charge >= 0.3 is 0 Å². The van der Waals surface area contributed by atoms with Crippen LogP contribution < -0.4 is 4.74 Å². The molecule has 0 spiro atoms. The molecule has 0 aliphatic carbocycles. The van der Waals surface area contributed by atoms with E-state index in [9.17, 15) is 0 Å². The minimum absolute atomic E-state index is 0.809. The summed E-state index contributed by atoms with van der Waals surface area (Å²) in [7, 11) is 1.93. The first-order valence-electron chi connectivity index (χ1n) is 5.05. The molecule has 1 aromatic carbocycles. The van der Waals surface area contributed by atoms with Crippen molar-refractivity contribution in [2.75, 3.05) is 0 Å². The van der Waals surface area contributed by atoms with Crippen LogP contribution in [0.1, 0.15) is 0 Å². The lowest BCUT2D eigenvalue weighted by molar-refractivity contribution is 0.484. The van der Waals surface area contributed by atoms with E-state index in [-0.39, 0.29) is 0 Å². The van der Waals surface area contributed by atoms with Crippen LogP contribution in [0.25, 0.3) is 10.9 Å². The quantitative estimate of drug-likeness (QED) is 0.711. The third-order valence-corrected chi connectivity index (χ3v) is 2.52. The van der Waals surface area contributed by atoms with Crippen LogP contribution in [0.3, 0.4) is 0 Å². The molecule has 0 atom stereocenters. The smallest absolute Gasteiger partial charge is 0.144 e. The predicted octanol–water partition coefficient (Wildman–Crippen LogP) is 2.69. The number of benzene rings is 1. The molecule has 2 aromatic heterocycles. The summed E-state index contributed by atoms with van der Waals surface area (Å²) in [6.07, 6.45) is 5.48. The SMILES string of the molecule is Cn1ncc2cc(Oc3cc[nH]c3)ccc21. The zero-order valence-corrected chi connectivity index (χ0v) is 8.84. The van der Waals surface area contributed by atoms with Crippen molar-refractivity contribution in [1.29, 1.82) is 0 Å². The Morgan fingerprint density at radius 1 is 1.25 bits per heavy atom. The van der Waals surface area contributed by atoms with Gasteiger partial charge in [0.1, 0.15) is 11.5 Å². The molecule has 3 rings (SSSR count). The Morgan fingerprint density at radius 3 is 3.00 bits per heavy atom. The van der Waals surface area contributed by atoms with Gasteiger partial charge in [-0.25, -0.2) is 0 Å². The van der Waals surface area contributed by atoms with E-state index in [1.807, 2.05) is 54.6 Å². The first-order valence-corrected chi connectivity index (χ1v) is 5.05. The molecule has 0 bridgehead atoms. The standard InChI is InChI=1S/C12H11N3O/c1-15-12-3-2-10(6-9(12)7-14-15)16-11-4-5-13-8-11/h2-8,13H,1H3. The monoisotopic (exact) mass is 213 g/mol. The predicted molar refractivity (Wildman–Crippen MR) is 61.6 cm³/mol. The first kappa shape index (κ1) is 9.03. The van der Waals surface area contributed by atoms with Crippen molar-refractivity contribution in [1.82, 2.24) is 14.8 Å². The van der Waals surface area contributed by atoms with Crippen LogP contribution in [0, 0.1) is 0 Å². The van der Waals surface area contributed by atoms with Gasteiger partial charge in [0.05, 0.1) is 11.7 Å². The summed E-state index contributed by atoms with van der Waals surface area (Å²) >= 11 is 0. The lowest BCUT2D eigenvalue weighted by atomic mass is 10.2. The normalized spacial score (nSPS) is 10.8. The summed E-state index contributed by atoms with van der Waals surface area (Å²) in [6, 6.07) is 7.81. The molecule has 0 amide bonds. The fourth-order valence-corrected chi connectivity index (χ4v) is 1.71. The van der Waals surface area contributed by atoms with Crippen LogP contribution in [-0.2, 0) is 7.05 Å². The number of ether oxygens (including phenoxy) is 1. The molecular formula is C12H11N3O. The third kappa shape index (κ3) is 1.44. The molecule has 0 saturated heterocycles. The van der Waals surface area contributed by atoms with E-state index in [1.165, 1.54) is 0 Å². The van der Waals surface area contributed by atoms with Crippen molar-refractivity contribution in [3.63, 3.8) is 0 Å². The van der Waals surface area contributed by atoms with Crippen LogP contribution >= 0.6 is 0 Å². The molecule has 0 aliphatic heterocycles. The molecule has 80 valence electrons. The average molecular weight is 213 g/mol. The van der Waals surface area contributed by atoms with E-state index in [0.29, 0.717) is 0 Å². The van der Waals surface area contributed by atoms with Gasteiger partial charge in [0, 0.05) is 24.8 Å². The number of fused-ring (bicyclic) bond motifs is 1. The molecule has 0 radical (unpaired) electrons. The summed E-state index contributed by atoms with van der Waals surface area (Å²) < 4.78 is 7.51. The van der Waals surface area contributed by atoms with E-state index in [4.69, 9.17) is 4.74 Å². The Morgan fingerprint density at radius 2 is 2.19 bits per heavy atom. The number of hydrogen-bond donors (Lipinski definition) is 1. The second-order valence-corrected chi connectivity index (χ2v) is 3.64. The maximum Gasteiger partial charge on any atom is 0.144 e. The molecule has 4 nitrogen and oxygen atoms in total. The van der Waals surface area contributed by atoms with E-state index >= 15 is 0 Å². The molecule has 1 N–H and O–H groups in total. The first-order chi connectivity index (χ1) is 7.83. The Hall–Kier alpha value is -2.23. The fraction of sp³-hybridized carbons (Fsp3) is 0.0833. The molecular weight excluding hydrogens is 202 g/mol. The fourth-order valence-electron chi connectivity index (χ4n) is 1.71. The van der Waals surface area contributed by atoms with Crippen molar-refractivity contribution >= 4 is 10.9 Å². The maximum atomic E-state index is 5.67. The lowest BCUT2D eigenvalue weighted by Gasteiger charge is -2.02. The van der Waals surface area contributed by atoms with Crippen molar-refractivity contribution in [2.45, 2.75) is 0 Å². The molecule has 3 aromatic rings. The minimum atomic E-state index is 0.809. The Bertz CT molecular complexity index is 610. The molecule has 2 heterocycles. The van der Waals surface area contributed by atoms with Crippen molar-refractivity contribution in [3.8, 4) is 11.5 Å². The van der Waals surface area contributed by atoms with Gasteiger partial charge in [-0.1, -0.05) is 0 Å². The van der Waals surface area contributed by atoms with Crippen molar-refractivity contribution < 1.29 is 4.74 Å². The number of nitrogens with one attached hydrogen (secondary N) is 1. The number of rotatable bonds is 2. The molecule has 16 heavy (non-hydrogen) atoms. The van der Waals surface area contributed by atoms with Gasteiger partial charge in [-0.05, 0) is 24.3 Å². The Labute approximate surface area is 92.5 Å². The summed E-state index contributed by atoms with van der Waals surface area (Å²) in [5.74, 6) is 1.63. The molecule has 4 heteroatoms. The van der Waals surface area contributed by atoms with Crippen molar-refractivity contribution in [3.05, 3.63) is 42.9 Å². The molecule has 0 aliphatic rings. The van der Waals surface area contributed by atoms with Crippen molar-refractivity contribution in [2.24, 2.45) is 7.05 Å². The second kappa shape index (κ2) is 3.41. The number of aromatic nitrogens is 3. The van der Waals surface area contributed by atoms with Gasteiger partial charge in [-0.3, -0.25) is 4.68 Å². The van der Waals surface area contributed by atoms with Gasteiger partial charge < -0.3 is 9.72 Å². The summed E-state index contributed by atoms with van der Waals surface area (Å²) in [6.45, 7) is 0. The van der Waals surface area contributed by atoms with E-state index in [2.05, 4.69) is 10.1 Å². The van der Waals surface area contributed by atoms with Gasteiger partial charge in [0.25, 0.3) is 0 Å². The number of hydrogen-bond acceptors (Lipinski definition) is 2. The Balaban J connectivity index is 1.99.